The van der Waals surface area contributed by atoms with Crippen LogP contribution in [0.4, 0.5) is 0 Å². The largest absolute Gasteiger partial charge is 0.377 e. The van der Waals surface area contributed by atoms with E-state index in [1.54, 1.807) is 0 Å². The van der Waals surface area contributed by atoms with E-state index in [9.17, 15) is 0 Å². The van der Waals surface area contributed by atoms with E-state index in [2.05, 4.69) is 25.7 Å². The number of nitrogens with two attached hydrogens (primary N) is 1. The Hall–Kier alpha value is -0.120. The molecule has 1 fully saturated rings. The molecule has 0 spiro atoms. The monoisotopic (exact) mass is 228 g/mol. The quantitative estimate of drug-likeness (QED) is 0.723. The highest BCUT2D eigenvalue weighted by atomic mass is 16.5. The molecule has 2 unspecified atom stereocenters. The predicted octanol–water partition coefficient (Wildman–Crippen LogP) is 1.86. The zero-order chi connectivity index (χ0) is 12.0. The van der Waals surface area contributed by atoms with Crippen molar-refractivity contribution >= 4 is 0 Å². The lowest BCUT2D eigenvalue weighted by atomic mass is 10.0. The highest BCUT2D eigenvalue weighted by Crippen LogP contribution is 2.28. The summed E-state index contributed by atoms with van der Waals surface area (Å²) >= 11 is 0. The zero-order valence-electron chi connectivity index (χ0n) is 11.1. The van der Waals surface area contributed by atoms with E-state index < -0.39 is 0 Å². The van der Waals surface area contributed by atoms with Crippen molar-refractivity contribution in [3.8, 4) is 0 Å². The minimum Gasteiger partial charge on any atom is -0.377 e. The minimum absolute atomic E-state index is 0.340. The van der Waals surface area contributed by atoms with Crippen LogP contribution < -0.4 is 5.73 Å². The molecule has 96 valence electrons. The Balaban J connectivity index is 2.34. The van der Waals surface area contributed by atoms with Crippen LogP contribution in [0.3, 0.4) is 0 Å². The van der Waals surface area contributed by atoms with Crippen LogP contribution in [0.5, 0.6) is 0 Å². The number of nitrogens with zero attached hydrogens (tertiary/aromatic N) is 1. The molecule has 1 rings (SSSR count). The van der Waals surface area contributed by atoms with E-state index in [4.69, 9.17) is 10.5 Å². The van der Waals surface area contributed by atoms with Gasteiger partial charge in [-0.05, 0) is 45.7 Å². The summed E-state index contributed by atoms with van der Waals surface area (Å²) in [5.41, 5.74) is 5.84. The Morgan fingerprint density at radius 3 is 2.69 bits per heavy atom. The summed E-state index contributed by atoms with van der Waals surface area (Å²) in [6.07, 6.45) is 4.31. The number of hydrogen-bond acceptors (Lipinski definition) is 3. The maximum atomic E-state index is 5.84. The number of likely N-dealkylation sites (N-methyl/N-ethyl adjacent to an activating group) is 1. The lowest BCUT2D eigenvalue weighted by Crippen LogP contribution is -2.42. The van der Waals surface area contributed by atoms with Crippen LogP contribution in [0.15, 0.2) is 0 Å². The summed E-state index contributed by atoms with van der Waals surface area (Å²) in [6, 6.07) is 0.700. The Morgan fingerprint density at radius 2 is 2.12 bits per heavy atom. The molecule has 1 aliphatic rings. The fraction of sp³-hybridized carbons (Fsp3) is 1.00. The summed E-state index contributed by atoms with van der Waals surface area (Å²) in [4.78, 5) is 2.55. The topological polar surface area (TPSA) is 38.5 Å². The molecule has 0 aliphatic heterocycles. The van der Waals surface area contributed by atoms with Gasteiger partial charge in [-0.1, -0.05) is 13.3 Å². The van der Waals surface area contributed by atoms with Crippen LogP contribution in [0.2, 0.25) is 0 Å². The molecule has 0 saturated heterocycles. The smallest absolute Gasteiger partial charge is 0.0597 e. The molecule has 2 atom stereocenters. The molecule has 3 heteroatoms. The van der Waals surface area contributed by atoms with E-state index in [0.717, 1.165) is 26.2 Å². The highest BCUT2D eigenvalue weighted by Gasteiger charge is 2.29. The zero-order valence-corrected chi connectivity index (χ0v) is 11.1. The SMILES string of the molecule is CCN(CCOC(C)C)C1CCCC1CN. The van der Waals surface area contributed by atoms with Gasteiger partial charge in [-0.25, -0.2) is 0 Å². The molecular weight excluding hydrogens is 200 g/mol. The van der Waals surface area contributed by atoms with Gasteiger partial charge in [0.1, 0.15) is 0 Å². The van der Waals surface area contributed by atoms with Crippen molar-refractivity contribution in [2.75, 3.05) is 26.2 Å². The number of rotatable bonds is 7. The third-order valence-corrected chi connectivity index (χ3v) is 3.63. The van der Waals surface area contributed by atoms with Gasteiger partial charge in [0.2, 0.25) is 0 Å². The summed E-state index contributed by atoms with van der Waals surface area (Å²) in [5.74, 6) is 0.707. The average molecular weight is 228 g/mol. The average Bonchev–Trinajstić information content (AvgIpc) is 2.72. The van der Waals surface area contributed by atoms with Crippen LogP contribution >= 0.6 is 0 Å². The minimum atomic E-state index is 0.340. The van der Waals surface area contributed by atoms with Gasteiger partial charge in [0, 0.05) is 12.6 Å². The molecule has 0 aromatic heterocycles. The normalized spacial score (nSPS) is 25.9. The second-order valence-electron chi connectivity index (χ2n) is 5.04. The Bertz CT molecular complexity index is 185. The molecule has 1 saturated carbocycles. The van der Waals surface area contributed by atoms with Crippen molar-refractivity contribution < 1.29 is 4.74 Å². The number of ether oxygens (including phenoxy) is 1. The Morgan fingerprint density at radius 1 is 1.38 bits per heavy atom. The van der Waals surface area contributed by atoms with E-state index in [1.165, 1.54) is 19.3 Å². The first-order valence-electron chi connectivity index (χ1n) is 6.74. The second-order valence-corrected chi connectivity index (χ2v) is 5.04. The Labute approximate surface area is 100 Å². The lowest BCUT2D eigenvalue weighted by Gasteiger charge is -2.31. The van der Waals surface area contributed by atoms with Gasteiger partial charge >= 0.3 is 0 Å². The van der Waals surface area contributed by atoms with Crippen LogP contribution in [-0.2, 0) is 4.74 Å². The molecule has 0 aromatic rings. The van der Waals surface area contributed by atoms with Gasteiger partial charge in [-0.3, -0.25) is 4.90 Å². The van der Waals surface area contributed by atoms with Crippen molar-refractivity contribution in [1.82, 2.24) is 4.90 Å². The third kappa shape index (κ3) is 4.04. The van der Waals surface area contributed by atoms with E-state index >= 15 is 0 Å². The summed E-state index contributed by atoms with van der Waals surface area (Å²) in [5, 5.41) is 0. The third-order valence-electron chi connectivity index (χ3n) is 3.63. The second kappa shape index (κ2) is 7.25. The molecule has 0 radical (unpaired) electrons. The standard InChI is InChI=1S/C13H28N2O/c1-4-15(8-9-16-11(2)3)13-7-5-6-12(13)10-14/h11-13H,4-10,14H2,1-3H3. The lowest BCUT2D eigenvalue weighted by molar-refractivity contribution is 0.0454. The molecule has 16 heavy (non-hydrogen) atoms. The first-order valence-corrected chi connectivity index (χ1v) is 6.74. The van der Waals surface area contributed by atoms with Gasteiger partial charge in [-0.2, -0.15) is 0 Å². The predicted molar refractivity (Wildman–Crippen MR) is 68.5 cm³/mol. The maximum absolute atomic E-state index is 5.84. The summed E-state index contributed by atoms with van der Waals surface area (Å²) in [6.45, 7) is 10.3. The van der Waals surface area contributed by atoms with E-state index in [0.29, 0.717) is 18.1 Å². The molecule has 3 nitrogen and oxygen atoms in total. The van der Waals surface area contributed by atoms with Crippen molar-refractivity contribution in [3.05, 3.63) is 0 Å². The summed E-state index contributed by atoms with van der Waals surface area (Å²) < 4.78 is 5.63. The fourth-order valence-electron chi connectivity index (χ4n) is 2.74. The molecule has 0 aromatic carbocycles. The van der Waals surface area contributed by atoms with Crippen LogP contribution in [0, 0.1) is 5.92 Å². The maximum Gasteiger partial charge on any atom is 0.0597 e. The van der Waals surface area contributed by atoms with E-state index in [-0.39, 0.29) is 0 Å². The molecular formula is C13H28N2O. The molecule has 2 N–H and O–H groups in total. The first kappa shape index (κ1) is 13.9. The van der Waals surface area contributed by atoms with Crippen LogP contribution in [-0.4, -0.2) is 43.3 Å². The van der Waals surface area contributed by atoms with Gasteiger partial charge in [-0.15, -0.1) is 0 Å². The molecule has 0 bridgehead atoms. The van der Waals surface area contributed by atoms with Gasteiger partial charge < -0.3 is 10.5 Å². The van der Waals surface area contributed by atoms with Crippen molar-refractivity contribution in [2.24, 2.45) is 11.7 Å². The van der Waals surface area contributed by atoms with Crippen molar-refractivity contribution in [1.29, 1.82) is 0 Å². The molecule has 0 amide bonds. The Kier molecular flexibility index (Phi) is 6.32. The van der Waals surface area contributed by atoms with Gasteiger partial charge in [0.15, 0.2) is 0 Å². The number of hydrogen-bond donors (Lipinski definition) is 1. The summed E-state index contributed by atoms with van der Waals surface area (Å²) in [7, 11) is 0. The van der Waals surface area contributed by atoms with Crippen molar-refractivity contribution in [2.45, 2.75) is 52.2 Å². The fourth-order valence-corrected chi connectivity index (χ4v) is 2.74. The highest BCUT2D eigenvalue weighted by molar-refractivity contribution is 4.85. The van der Waals surface area contributed by atoms with E-state index in [1.807, 2.05) is 0 Å². The molecule has 0 heterocycles. The van der Waals surface area contributed by atoms with Crippen LogP contribution in [0.1, 0.15) is 40.0 Å². The van der Waals surface area contributed by atoms with Crippen molar-refractivity contribution in [3.63, 3.8) is 0 Å². The van der Waals surface area contributed by atoms with Gasteiger partial charge in [0.25, 0.3) is 0 Å². The van der Waals surface area contributed by atoms with Crippen LogP contribution in [0.25, 0.3) is 0 Å². The molecule has 1 aliphatic carbocycles. The first-order chi connectivity index (χ1) is 7.69. The van der Waals surface area contributed by atoms with Gasteiger partial charge in [0.05, 0.1) is 12.7 Å².